The molecule has 0 saturated heterocycles. The monoisotopic (exact) mass is 326 g/mol. The van der Waals surface area contributed by atoms with Gasteiger partial charge in [-0.05, 0) is 0 Å². The van der Waals surface area contributed by atoms with E-state index in [1.807, 2.05) is 0 Å². The van der Waals surface area contributed by atoms with E-state index in [-0.39, 0.29) is 5.97 Å². The van der Waals surface area contributed by atoms with Gasteiger partial charge in [-0.1, -0.05) is 0 Å². The third-order valence-electron chi connectivity index (χ3n) is 1.07. The summed E-state index contributed by atoms with van der Waals surface area (Å²) in [4.78, 5) is 10.6. The molecular formula is C5H9Cl3O2Sn. The number of hydrogen-bond acceptors (Lipinski definition) is 2. The van der Waals surface area contributed by atoms with Crippen molar-refractivity contribution in [1.82, 2.24) is 0 Å². The van der Waals surface area contributed by atoms with Gasteiger partial charge in [0.15, 0.2) is 0 Å². The summed E-state index contributed by atoms with van der Waals surface area (Å²) in [5.74, 6) is -0.245. The third-order valence-corrected chi connectivity index (χ3v) is 7.50. The first-order valence-corrected chi connectivity index (χ1v) is 16.0. The number of esters is 1. The zero-order chi connectivity index (χ0) is 8.91. The van der Waals surface area contributed by atoms with Crippen molar-refractivity contribution in [3.8, 4) is 0 Å². The number of carbonyl (C=O) groups excluding carboxylic acids is 1. The molecule has 0 fully saturated rings. The summed E-state index contributed by atoms with van der Waals surface area (Å²) < 4.78 is 5.00. The molecule has 6 heteroatoms. The van der Waals surface area contributed by atoms with Gasteiger partial charge >= 0.3 is 81.6 Å². The van der Waals surface area contributed by atoms with Crippen LogP contribution >= 0.6 is 26.8 Å². The van der Waals surface area contributed by atoms with Gasteiger partial charge in [-0.3, -0.25) is 0 Å². The minimum atomic E-state index is -3.18. The number of hydrogen-bond donors (Lipinski definition) is 0. The van der Waals surface area contributed by atoms with E-state index in [1.54, 1.807) is 0 Å². The molecule has 0 amide bonds. The van der Waals surface area contributed by atoms with Crippen LogP contribution in [-0.2, 0) is 9.53 Å². The fourth-order valence-electron chi connectivity index (χ4n) is 0.535. The molecule has 0 aliphatic heterocycles. The van der Waals surface area contributed by atoms with E-state index in [2.05, 4.69) is 4.74 Å². The Morgan fingerprint density at radius 3 is 2.36 bits per heavy atom. The van der Waals surface area contributed by atoms with E-state index in [0.717, 1.165) is 0 Å². The van der Waals surface area contributed by atoms with Gasteiger partial charge in [0.1, 0.15) is 0 Å². The maximum atomic E-state index is 10.6. The normalized spacial score (nSPS) is 11.3. The molecular weight excluding hydrogens is 317 g/mol. The Labute approximate surface area is 81.2 Å². The van der Waals surface area contributed by atoms with Crippen molar-refractivity contribution < 1.29 is 9.53 Å². The quantitative estimate of drug-likeness (QED) is 0.586. The summed E-state index contributed by atoms with van der Waals surface area (Å²) >= 11 is -3.18. The van der Waals surface area contributed by atoms with E-state index < -0.39 is 15.0 Å². The topological polar surface area (TPSA) is 26.3 Å². The van der Waals surface area contributed by atoms with E-state index >= 15 is 0 Å². The molecule has 2 nitrogen and oxygen atoms in total. The zero-order valence-corrected chi connectivity index (χ0v) is 11.2. The second-order valence-corrected chi connectivity index (χ2v) is 23.9. The fraction of sp³-hybridized carbons (Fsp3) is 0.800. The van der Waals surface area contributed by atoms with E-state index in [9.17, 15) is 4.79 Å². The van der Waals surface area contributed by atoms with Gasteiger partial charge < -0.3 is 0 Å². The Kier molecular flexibility index (Phi) is 6.32. The number of carbonyl (C=O) groups is 1. The number of rotatable bonds is 4. The van der Waals surface area contributed by atoms with Crippen LogP contribution in [-0.4, -0.2) is 28.1 Å². The Morgan fingerprint density at radius 2 is 2.00 bits per heavy atom. The van der Waals surface area contributed by atoms with Crippen molar-refractivity contribution in [1.29, 1.82) is 0 Å². The molecule has 0 atom stereocenters. The summed E-state index contributed by atoms with van der Waals surface area (Å²) in [6.45, 7) is 0. The average Bonchev–Trinajstić information content (AvgIpc) is 1.85. The maximum absolute atomic E-state index is 10.6. The van der Waals surface area contributed by atoms with Crippen LogP contribution in [0.2, 0.25) is 4.44 Å². The molecule has 0 N–H and O–H groups in total. The van der Waals surface area contributed by atoms with E-state index in [0.29, 0.717) is 17.3 Å². The van der Waals surface area contributed by atoms with Crippen LogP contribution in [0.3, 0.4) is 0 Å². The van der Waals surface area contributed by atoms with Crippen molar-refractivity contribution >= 4 is 47.7 Å². The van der Waals surface area contributed by atoms with Crippen LogP contribution < -0.4 is 0 Å². The first kappa shape index (κ1) is 12.1. The standard InChI is InChI=1S/C5H9O2.3ClH.Sn/c1-3-4-5(6)7-2;;;;/h1,3-4H2,2H3;3*1H;/q;;;;+3/p-3. The predicted octanol–water partition coefficient (Wildman–Crippen LogP) is 2.59. The van der Waals surface area contributed by atoms with Gasteiger partial charge in [0, 0.05) is 0 Å². The minimum absolute atomic E-state index is 0.245. The number of methoxy groups -OCH3 is 1. The summed E-state index contributed by atoms with van der Waals surface area (Å²) in [6, 6.07) is 0. The second-order valence-electron chi connectivity index (χ2n) is 2.04. The van der Waals surface area contributed by atoms with Gasteiger partial charge in [0.2, 0.25) is 0 Å². The first-order chi connectivity index (χ1) is 4.95. The Bertz CT molecular complexity index is 134. The fourth-order valence-corrected chi connectivity index (χ4v) is 4.87. The molecule has 0 spiro atoms. The van der Waals surface area contributed by atoms with Gasteiger partial charge in [-0.25, -0.2) is 0 Å². The van der Waals surface area contributed by atoms with Gasteiger partial charge in [0.05, 0.1) is 0 Å². The zero-order valence-electron chi connectivity index (χ0n) is 6.07. The Morgan fingerprint density at radius 1 is 1.45 bits per heavy atom. The van der Waals surface area contributed by atoms with Crippen LogP contribution in [0.5, 0.6) is 0 Å². The van der Waals surface area contributed by atoms with Gasteiger partial charge in [-0.2, -0.15) is 0 Å². The summed E-state index contributed by atoms with van der Waals surface area (Å²) in [5.41, 5.74) is 0. The molecule has 0 heterocycles. The van der Waals surface area contributed by atoms with Crippen LogP contribution in [0.4, 0.5) is 0 Å². The number of ether oxygens (including phenoxy) is 1. The first-order valence-electron chi connectivity index (χ1n) is 3.09. The molecule has 0 aliphatic rings. The molecule has 0 aromatic carbocycles. The molecule has 0 aromatic rings. The van der Waals surface area contributed by atoms with E-state index in [4.69, 9.17) is 26.8 Å². The second kappa shape index (κ2) is 5.73. The van der Waals surface area contributed by atoms with E-state index in [1.165, 1.54) is 7.11 Å². The summed E-state index contributed by atoms with van der Waals surface area (Å²) in [7, 11) is 18.3. The van der Waals surface area contributed by atoms with Gasteiger partial charge in [0.25, 0.3) is 0 Å². The van der Waals surface area contributed by atoms with Crippen molar-refractivity contribution in [2.75, 3.05) is 7.11 Å². The predicted molar refractivity (Wildman–Crippen MR) is 49.4 cm³/mol. The Hall–Kier alpha value is 1.14. The average molecular weight is 326 g/mol. The third kappa shape index (κ3) is 9.05. The van der Waals surface area contributed by atoms with Crippen molar-refractivity contribution in [3.63, 3.8) is 0 Å². The van der Waals surface area contributed by atoms with Crippen molar-refractivity contribution in [2.24, 2.45) is 0 Å². The Balaban J connectivity index is 3.35. The van der Waals surface area contributed by atoms with Crippen LogP contribution in [0.25, 0.3) is 0 Å². The molecule has 0 rings (SSSR count). The molecule has 0 aromatic heterocycles. The number of halogens is 3. The molecule has 0 bridgehead atoms. The van der Waals surface area contributed by atoms with Crippen LogP contribution in [0, 0.1) is 0 Å². The molecule has 0 aliphatic carbocycles. The molecule has 0 unspecified atom stereocenters. The molecule has 0 radical (unpaired) electrons. The summed E-state index contributed by atoms with van der Waals surface area (Å²) in [5, 5.41) is 0. The van der Waals surface area contributed by atoms with Crippen LogP contribution in [0.15, 0.2) is 0 Å². The van der Waals surface area contributed by atoms with Crippen molar-refractivity contribution in [2.45, 2.75) is 17.3 Å². The summed E-state index contributed by atoms with van der Waals surface area (Å²) in [6.07, 6.45) is 0.973. The van der Waals surface area contributed by atoms with Crippen molar-refractivity contribution in [3.05, 3.63) is 0 Å². The van der Waals surface area contributed by atoms with Crippen LogP contribution in [0.1, 0.15) is 12.8 Å². The molecule has 66 valence electrons. The molecule has 11 heavy (non-hydrogen) atoms. The van der Waals surface area contributed by atoms with Gasteiger partial charge in [-0.15, -0.1) is 0 Å². The molecule has 0 saturated carbocycles. The SMILES string of the molecule is COC(=O)CC[CH2][Sn]([Cl])([Cl])[Cl].